The van der Waals surface area contributed by atoms with Crippen LogP contribution < -0.4 is 5.32 Å². The fourth-order valence-electron chi connectivity index (χ4n) is 2.55. The van der Waals surface area contributed by atoms with E-state index < -0.39 is 0 Å². The molecule has 0 unspecified atom stereocenters. The molecular formula is C18H14N6O. The first-order chi connectivity index (χ1) is 12.3. The smallest absolute Gasteiger partial charge is 0.270 e. The zero-order valence-electron chi connectivity index (χ0n) is 13.2. The Balaban J connectivity index is 1.50. The second kappa shape index (κ2) is 6.48. The Morgan fingerprint density at radius 3 is 2.88 bits per heavy atom. The summed E-state index contributed by atoms with van der Waals surface area (Å²) in [7, 11) is 0. The van der Waals surface area contributed by atoms with Crippen molar-refractivity contribution in [1.82, 2.24) is 30.3 Å². The molecule has 0 aliphatic carbocycles. The average Bonchev–Trinajstić information content (AvgIpc) is 3.15. The number of hydrogen-bond acceptors (Lipinski definition) is 5. The Bertz CT molecular complexity index is 1020. The van der Waals surface area contributed by atoms with Gasteiger partial charge in [-0.2, -0.15) is 0 Å². The third-order valence-corrected chi connectivity index (χ3v) is 3.77. The lowest BCUT2D eigenvalue weighted by Crippen LogP contribution is -2.24. The van der Waals surface area contributed by atoms with Crippen molar-refractivity contribution in [3.63, 3.8) is 0 Å². The van der Waals surface area contributed by atoms with Gasteiger partial charge in [0.1, 0.15) is 11.4 Å². The lowest BCUT2D eigenvalue weighted by atomic mass is 10.1. The quantitative estimate of drug-likeness (QED) is 0.619. The molecule has 0 saturated carbocycles. The van der Waals surface area contributed by atoms with E-state index in [1.807, 2.05) is 42.5 Å². The first-order valence-corrected chi connectivity index (χ1v) is 7.75. The normalized spacial score (nSPS) is 10.7. The number of aromatic nitrogens is 5. The first-order valence-electron chi connectivity index (χ1n) is 7.75. The van der Waals surface area contributed by atoms with Crippen molar-refractivity contribution in [3.05, 3.63) is 78.6 Å². The van der Waals surface area contributed by atoms with Crippen LogP contribution in [-0.4, -0.2) is 30.9 Å². The van der Waals surface area contributed by atoms with E-state index >= 15 is 0 Å². The topological polar surface area (TPSA) is 85.6 Å². The van der Waals surface area contributed by atoms with Crippen LogP contribution in [0, 0.1) is 0 Å². The van der Waals surface area contributed by atoms with Crippen molar-refractivity contribution in [2.45, 2.75) is 6.54 Å². The molecule has 3 aromatic heterocycles. The summed E-state index contributed by atoms with van der Waals surface area (Å²) in [6.07, 6.45) is 6.78. The summed E-state index contributed by atoms with van der Waals surface area (Å²) in [5.41, 5.74) is 1.86. The van der Waals surface area contributed by atoms with Crippen LogP contribution in [0.5, 0.6) is 0 Å². The number of amides is 1. The van der Waals surface area contributed by atoms with Crippen molar-refractivity contribution in [2.24, 2.45) is 0 Å². The summed E-state index contributed by atoms with van der Waals surface area (Å²) >= 11 is 0. The van der Waals surface area contributed by atoms with Crippen LogP contribution in [0.25, 0.3) is 16.5 Å². The molecule has 0 radical (unpaired) electrons. The van der Waals surface area contributed by atoms with Gasteiger partial charge in [0.2, 0.25) is 0 Å². The van der Waals surface area contributed by atoms with Gasteiger partial charge < -0.3 is 5.32 Å². The number of rotatable bonds is 4. The molecule has 3 heterocycles. The summed E-state index contributed by atoms with van der Waals surface area (Å²) in [6.45, 7) is 0.268. The molecular weight excluding hydrogens is 316 g/mol. The molecule has 1 aromatic carbocycles. The number of benzene rings is 1. The van der Waals surface area contributed by atoms with Crippen molar-refractivity contribution in [2.75, 3.05) is 0 Å². The Labute approximate surface area is 143 Å². The highest BCUT2D eigenvalue weighted by Crippen LogP contribution is 2.16. The molecule has 1 N–H and O–H groups in total. The van der Waals surface area contributed by atoms with E-state index in [-0.39, 0.29) is 12.5 Å². The monoisotopic (exact) mass is 330 g/mol. The van der Waals surface area contributed by atoms with E-state index in [4.69, 9.17) is 0 Å². The van der Waals surface area contributed by atoms with Crippen LogP contribution >= 0.6 is 0 Å². The standard InChI is InChI=1S/C18H14N6O/c25-18(17-16-6-2-1-4-13(16)7-9-20-17)21-10-14-12-24(23-22-14)15-5-3-8-19-11-15/h1-9,11-12H,10H2,(H,21,25). The Hall–Kier alpha value is -3.61. The van der Waals surface area contributed by atoms with E-state index in [1.54, 1.807) is 29.5 Å². The van der Waals surface area contributed by atoms with Crippen LogP contribution in [0.4, 0.5) is 0 Å². The lowest BCUT2D eigenvalue weighted by Gasteiger charge is -2.05. The van der Waals surface area contributed by atoms with Gasteiger partial charge in [0.05, 0.1) is 24.6 Å². The zero-order chi connectivity index (χ0) is 17.1. The predicted molar refractivity (Wildman–Crippen MR) is 92.1 cm³/mol. The highest BCUT2D eigenvalue weighted by molar-refractivity contribution is 6.05. The van der Waals surface area contributed by atoms with E-state index in [0.717, 1.165) is 16.5 Å². The van der Waals surface area contributed by atoms with Crippen LogP contribution in [0.15, 0.2) is 67.3 Å². The van der Waals surface area contributed by atoms with E-state index in [0.29, 0.717) is 11.4 Å². The number of hydrogen-bond donors (Lipinski definition) is 1. The Morgan fingerprint density at radius 1 is 1.08 bits per heavy atom. The van der Waals surface area contributed by atoms with Gasteiger partial charge in [-0.15, -0.1) is 5.10 Å². The largest absolute Gasteiger partial charge is 0.345 e. The Kier molecular flexibility index (Phi) is 3.88. The molecule has 25 heavy (non-hydrogen) atoms. The molecule has 1 amide bonds. The van der Waals surface area contributed by atoms with E-state index in [2.05, 4.69) is 25.6 Å². The summed E-state index contributed by atoms with van der Waals surface area (Å²) in [4.78, 5) is 20.7. The molecule has 0 spiro atoms. The third kappa shape index (κ3) is 3.07. The van der Waals surface area contributed by atoms with Gasteiger partial charge in [0, 0.05) is 17.8 Å². The van der Waals surface area contributed by atoms with Crippen molar-refractivity contribution < 1.29 is 4.79 Å². The first kappa shape index (κ1) is 14.9. The van der Waals surface area contributed by atoms with Crippen LogP contribution in [0.3, 0.4) is 0 Å². The maximum absolute atomic E-state index is 12.5. The molecule has 0 fully saturated rings. The van der Waals surface area contributed by atoms with E-state index in [1.165, 1.54) is 0 Å². The number of fused-ring (bicyclic) bond motifs is 1. The Morgan fingerprint density at radius 2 is 2.00 bits per heavy atom. The second-order valence-electron chi connectivity index (χ2n) is 5.43. The van der Waals surface area contributed by atoms with Gasteiger partial charge in [0.25, 0.3) is 5.91 Å². The maximum atomic E-state index is 12.5. The fraction of sp³-hybridized carbons (Fsp3) is 0.0556. The number of nitrogens with one attached hydrogen (secondary N) is 1. The van der Waals surface area contributed by atoms with Gasteiger partial charge >= 0.3 is 0 Å². The van der Waals surface area contributed by atoms with Crippen LogP contribution in [0.1, 0.15) is 16.2 Å². The highest BCUT2D eigenvalue weighted by atomic mass is 16.1. The van der Waals surface area contributed by atoms with Crippen LogP contribution in [-0.2, 0) is 6.54 Å². The summed E-state index contributed by atoms with van der Waals surface area (Å²) in [5.74, 6) is -0.243. The summed E-state index contributed by atoms with van der Waals surface area (Å²) in [6, 6.07) is 13.2. The van der Waals surface area contributed by atoms with Crippen molar-refractivity contribution in [1.29, 1.82) is 0 Å². The van der Waals surface area contributed by atoms with Crippen molar-refractivity contribution in [3.8, 4) is 5.69 Å². The molecule has 0 atom stereocenters. The molecule has 7 nitrogen and oxygen atoms in total. The average molecular weight is 330 g/mol. The third-order valence-electron chi connectivity index (χ3n) is 3.77. The van der Waals surface area contributed by atoms with E-state index in [9.17, 15) is 4.79 Å². The van der Waals surface area contributed by atoms with Gasteiger partial charge in [-0.05, 0) is 23.6 Å². The second-order valence-corrected chi connectivity index (χ2v) is 5.43. The highest BCUT2D eigenvalue weighted by Gasteiger charge is 2.12. The zero-order valence-corrected chi connectivity index (χ0v) is 13.2. The predicted octanol–water partition coefficient (Wildman–Crippen LogP) is 2.14. The molecule has 0 saturated heterocycles. The number of carbonyl (C=O) groups is 1. The molecule has 0 bridgehead atoms. The SMILES string of the molecule is O=C(NCc1cn(-c2cccnc2)nn1)c1nccc2ccccc12. The minimum absolute atomic E-state index is 0.243. The van der Waals surface area contributed by atoms with Gasteiger partial charge in [0.15, 0.2) is 0 Å². The molecule has 7 heteroatoms. The van der Waals surface area contributed by atoms with Gasteiger partial charge in [-0.3, -0.25) is 14.8 Å². The summed E-state index contributed by atoms with van der Waals surface area (Å²) in [5, 5.41) is 12.8. The molecule has 122 valence electrons. The van der Waals surface area contributed by atoms with Crippen LogP contribution in [0.2, 0.25) is 0 Å². The maximum Gasteiger partial charge on any atom is 0.270 e. The minimum atomic E-state index is -0.243. The van der Waals surface area contributed by atoms with Gasteiger partial charge in [-0.1, -0.05) is 29.5 Å². The number of carbonyl (C=O) groups excluding carboxylic acids is 1. The minimum Gasteiger partial charge on any atom is -0.345 e. The number of pyridine rings is 2. The lowest BCUT2D eigenvalue weighted by molar-refractivity contribution is 0.0947. The fourth-order valence-corrected chi connectivity index (χ4v) is 2.55. The summed E-state index contributed by atoms with van der Waals surface area (Å²) < 4.78 is 1.62. The molecule has 0 aliphatic rings. The van der Waals surface area contributed by atoms with Gasteiger partial charge in [-0.25, -0.2) is 4.68 Å². The molecule has 4 aromatic rings. The molecule has 4 rings (SSSR count). The number of nitrogens with zero attached hydrogens (tertiary/aromatic N) is 5. The molecule has 0 aliphatic heterocycles. The van der Waals surface area contributed by atoms with Crippen molar-refractivity contribution >= 4 is 16.7 Å².